The molecule has 1 aliphatic rings. The fourth-order valence-electron chi connectivity index (χ4n) is 2.34. The molecule has 0 radical (unpaired) electrons. The third-order valence-electron chi connectivity index (χ3n) is 3.21. The van der Waals surface area contributed by atoms with Gasteiger partial charge in [-0.15, -0.1) is 0 Å². The van der Waals surface area contributed by atoms with E-state index in [0.717, 1.165) is 11.8 Å². The Morgan fingerprint density at radius 3 is 3.06 bits per heavy atom. The van der Waals surface area contributed by atoms with Gasteiger partial charge in [0.2, 0.25) is 0 Å². The summed E-state index contributed by atoms with van der Waals surface area (Å²) in [6.45, 7) is 0.987. The Labute approximate surface area is 111 Å². The van der Waals surface area contributed by atoms with Crippen LogP contribution in [0.1, 0.15) is 24.8 Å². The number of rotatable bonds is 4. The van der Waals surface area contributed by atoms with E-state index >= 15 is 0 Å². The number of halogens is 1. The van der Waals surface area contributed by atoms with Crippen LogP contribution in [-0.2, 0) is 6.54 Å². The van der Waals surface area contributed by atoms with E-state index in [2.05, 4.69) is 51.8 Å². The second kappa shape index (κ2) is 6.08. The van der Waals surface area contributed by atoms with Crippen molar-refractivity contribution in [1.82, 2.24) is 5.32 Å². The molecule has 0 amide bonds. The highest BCUT2D eigenvalue weighted by atomic mass is 79.9. The maximum absolute atomic E-state index is 3.68. The van der Waals surface area contributed by atoms with Crippen molar-refractivity contribution in [3.05, 3.63) is 34.3 Å². The van der Waals surface area contributed by atoms with Crippen LogP contribution in [0.3, 0.4) is 0 Å². The quantitative estimate of drug-likeness (QED) is 0.907. The Hall–Kier alpha value is 0.01000. The van der Waals surface area contributed by atoms with Crippen LogP contribution < -0.4 is 5.32 Å². The Morgan fingerprint density at radius 2 is 2.31 bits per heavy atom. The summed E-state index contributed by atoms with van der Waals surface area (Å²) >= 11 is 5.52. The summed E-state index contributed by atoms with van der Waals surface area (Å²) in [6, 6.07) is 9.25. The molecule has 1 N–H and O–H groups in total. The van der Waals surface area contributed by atoms with E-state index in [9.17, 15) is 0 Å². The second-order valence-electron chi connectivity index (χ2n) is 4.32. The van der Waals surface area contributed by atoms with Gasteiger partial charge in [-0.25, -0.2) is 0 Å². The van der Waals surface area contributed by atoms with E-state index in [1.165, 1.54) is 29.3 Å². The lowest BCUT2D eigenvalue weighted by atomic mass is 10.2. The van der Waals surface area contributed by atoms with Gasteiger partial charge in [-0.3, -0.25) is 0 Å². The molecule has 1 saturated carbocycles. The molecule has 2 atom stereocenters. The van der Waals surface area contributed by atoms with Crippen molar-refractivity contribution >= 4 is 27.7 Å². The SMILES string of the molecule is CSC1CCCC1NCc1cccc(Br)c1. The molecule has 1 aliphatic carbocycles. The van der Waals surface area contributed by atoms with Gasteiger partial charge in [0.15, 0.2) is 0 Å². The summed E-state index contributed by atoms with van der Waals surface area (Å²) in [6.07, 6.45) is 6.31. The number of hydrogen-bond acceptors (Lipinski definition) is 2. The zero-order valence-electron chi connectivity index (χ0n) is 9.58. The maximum atomic E-state index is 3.68. The first-order valence-electron chi connectivity index (χ1n) is 5.80. The van der Waals surface area contributed by atoms with E-state index in [-0.39, 0.29) is 0 Å². The fourth-order valence-corrected chi connectivity index (χ4v) is 3.75. The Bertz CT molecular complexity index is 342. The molecule has 88 valence electrons. The standard InChI is InChI=1S/C13H18BrNS/c1-16-13-7-3-6-12(13)15-9-10-4-2-5-11(14)8-10/h2,4-5,8,12-13,15H,3,6-7,9H2,1H3. The zero-order chi connectivity index (χ0) is 11.4. The van der Waals surface area contributed by atoms with Gasteiger partial charge in [0.25, 0.3) is 0 Å². The summed E-state index contributed by atoms with van der Waals surface area (Å²) < 4.78 is 1.17. The van der Waals surface area contributed by atoms with Crippen LogP contribution in [0.15, 0.2) is 28.7 Å². The van der Waals surface area contributed by atoms with E-state index < -0.39 is 0 Å². The van der Waals surface area contributed by atoms with Crippen LogP contribution in [-0.4, -0.2) is 17.5 Å². The molecule has 0 bridgehead atoms. The van der Waals surface area contributed by atoms with Gasteiger partial charge in [0.05, 0.1) is 0 Å². The van der Waals surface area contributed by atoms with Crippen LogP contribution in [0.5, 0.6) is 0 Å². The zero-order valence-corrected chi connectivity index (χ0v) is 12.0. The lowest BCUT2D eigenvalue weighted by Crippen LogP contribution is -2.33. The van der Waals surface area contributed by atoms with Crippen LogP contribution in [0.2, 0.25) is 0 Å². The first-order valence-corrected chi connectivity index (χ1v) is 7.88. The number of hydrogen-bond donors (Lipinski definition) is 1. The number of benzene rings is 1. The minimum absolute atomic E-state index is 0.703. The average molecular weight is 300 g/mol. The van der Waals surface area contributed by atoms with Crippen LogP contribution in [0, 0.1) is 0 Å². The predicted octanol–water partition coefficient (Wildman–Crippen LogP) is 3.82. The van der Waals surface area contributed by atoms with Crippen molar-refractivity contribution in [1.29, 1.82) is 0 Å². The lowest BCUT2D eigenvalue weighted by Gasteiger charge is -2.19. The molecular weight excluding hydrogens is 282 g/mol. The van der Waals surface area contributed by atoms with Crippen molar-refractivity contribution in [3.63, 3.8) is 0 Å². The molecule has 16 heavy (non-hydrogen) atoms. The van der Waals surface area contributed by atoms with E-state index in [0.29, 0.717) is 6.04 Å². The Kier molecular flexibility index (Phi) is 4.74. The van der Waals surface area contributed by atoms with Crippen molar-refractivity contribution < 1.29 is 0 Å². The highest BCUT2D eigenvalue weighted by molar-refractivity contribution is 9.10. The van der Waals surface area contributed by atoms with Crippen molar-refractivity contribution in [2.45, 2.75) is 37.1 Å². The lowest BCUT2D eigenvalue weighted by molar-refractivity contribution is 0.532. The molecule has 2 rings (SSSR count). The minimum Gasteiger partial charge on any atom is -0.309 e. The van der Waals surface area contributed by atoms with Crippen molar-refractivity contribution in [3.8, 4) is 0 Å². The summed E-state index contributed by atoms with van der Waals surface area (Å²) in [5.74, 6) is 0. The molecule has 0 spiro atoms. The topological polar surface area (TPSA) is 12.0 Å². The summed E-state index contributed by atoms with van der Waals surface area (Å²) in [7, 11) is 0. The Morgan fingerprint density at radius 1 is 1.44 bits per heavy atom. The van der Waals surface area contributed by atoms with Gasteiger partial charge >= 0.3 is 0 Å². The number of thioether (sulfide) groups is 1. The molecule has 0 saturated heterocycles. The molecule has 1 nitrogen and oxygen atoms in total. The van der Waals surface area contributed by atoms with Crippen molar-refractivity contribution in [2.24, 2.45) is 0 Å². The molecule has 0 aromatic heterocycles. The van der Waals surface area contributed by atoms with Crippen LogP contribution in [0.25, 0.3) is 0 Å². The van der Waals surface area contributed by atoms with Crippen LogP contribution >= 0.6 is 27.7 Å². The molecule has 1 fully saturated rings. The third kappa shape index (κ3) is 3.25. The minimum atomic E-state index is 0.703. The summed E-state index contributed by atoms with van der Waals surface area (Å²) in [5, 5.41) is 4.50. The maximum Gasteiger partial charge on any atom is 0.0208 e. The van der Waals surface area contributed by atoms with Gasteiger partial charge in [0, 0.05) is 22.3 Å². The van der Waals surface area contributed by atoms with Gasteiger partial charge in [0.1, 0.15) is 0 Å². The molecular formula is C13H18BrNS. The molecule has 1 aromatic carbocycles. The predicted molar refractivity (Wildman–Crippen MR) is 75.9 cm³/mol. The summed E-state index contributed by atoms with van der Waals surface area (Å²) in [5.41, 5.74) is 1.36. The molecule has 2 unspecified atom stereocenters. The largest absolute Gasteiger partial charge is 0.309 e. The van der Waals surface area contributed by atoms with Crippen molar-refractivity contribution in [2.75, 3.05) is 6.26 Å². The first kappa shape index (κ1) is 12.5. The third-order valence-corrected chi connectivity index (χ3v) is 4.88. The normalized spacial score (nSPS) is 24.9. The Balaban J connectivity index is 1.87. The van der Waals surface area contributed by atoms with E-state index in [4.69, 9.17) is 0 Å². The first-order chi connectivity index (χ1) is 7.79. The van der Waals surface area contributed by atoms with Gasteiger partial charge in [-0.2, -0.15) is 11.8 Å². The molecule has 0 aliphatic heterocycles. The average Bonchev–Trinajstić information content (AvgIpc) is 2.74. The highest BCUT2D eigenvalue weighted by Gasteiger charge is 2.25. The van der Waals surface area contributed by atoms with Gasteiger partial charge < -0.3 is 5.32 Å². The highest BCUT2D eigenvalue weighted by Crippen LogP contribution is 2.28. The number of nitrogens with one attached hydrogen (secondary N) is 1. The van der Waals surface area contributed by atoms with E-state index in [1.807, 2.05) is 11.8 Å². The monoisotopic (exact) mass is 299 g/mol. The molecule has 0 heterocycles. The molecule has 3 heteroatoms. The molecule has 1 aromatic rings. The summed E-state index contributed by atoms with van der Waals surface area (Å²) in [4.78, 5) is 0. The van der Waals surface area contributed by atoms with Crippen LogP contribution in [0.4, 0.5) is 0 Å². The van der Waals surface area contributed by atoms with Gasteiger partial charge in [-0.1, -0.05) is 34.5 Å². The van der Waals surface area contributed by atoms with E-state index in [1.54, 1.807) is 0 Å². The smallest absolute Gasteiger partial charge is 0.0208 e. The fraction of sp³-hybridized carbons (Fsp3) is 0.538. The second-order valence-corrected chi connectivity index (χ2v) is 6.31. The van der Waals surface area contributed by atoms with Gasteiger partial charge in [-0.05, 0) is 36.8 Å².